The molecule has 0 fully saturated rings. The predicted octanol–water partition coefficient (Wildman–Crippen LogP) is -1.40. The van der Waals surface area contributed by atoms with Crippen LogP contribution in [-0.2, 0) is 38.1 Å². The van der Waals surface area contributed by atoms with Crippen LogP contribution < -0.4 is 5.11 Å². The fraction of sp³-hybridized carbons (Fsp3) is 0.750. The molecular formula is C16H27NO9. The third-order valence-corrected chi connectivity index (χ3v) is 3.08. The van der Waals surface area contributed by atoms with Crippen LogP contribution in [0.3, 0.4) is 0 Å². The van der Waals surface area contributed by atoms with E-state index in [0.29, 0.717) is 11.0 Å². The van der Waals surface area contributed by atoms with Gasteiger partial charge in [0, 0.05) is 0 Å². The summed E-state index contributed by atoms with van der Waals surface area (Å²) in [4.78, 5) is 44.9. The summed E-state index contributed by atoms with van der Waals surface area (Å²) in [6.45, 7) is 3.67. The SMILES string of the molecule is CCC(OC(=O)CC(C)OC(=O)C(OC=O)OCC[N+](C)(C)C)C(=O)[O-]. The van der Waals surface area contributed by atoms with Crippen LogP contribution in [0.2, 0.25) is 0 Å². The Morgan fingerprint density at radius 2 is 1.77 bits per heavy atom. The van der Waals surface area contributed by atoms with Crippen molar-refractivity contribution in [3.63, 3.8) is 0 Å². The molecule has 0 saturated heterocycles. The third kappa shape index (κ3) is 10.6. The zero-order valence-corrected chi connectivity index (χ0v) is 15.8. The van der Waals surface area contributed by atoms with Gasteiger partial charge in [0.25, 0.3) is 6.47 Å². The average molecular weight is 377 g/mol. The first-order valence-corrected chi connectivity index (χ1v) is 8.12. The highest BCUT2D eigenvalue weighted by Crippen LogP contribution is 2.07. The molecule has 0 saturated carbocycles. The van der Waals surface area contributed by atoms with Crippen LogP contribution in [0.5, 0.6) is 0 Å². The maximum absolute atomic E-state index is 12.0. The van der Waals surface area contributed by atoms with E-state index >= 15 is 0 Å². The van der Waals surface area contributed by atoms with E-state index in [1.807, 2.05) is 21.1 Å². The highest BCUT2D eigenvalue weighted by molar-refractivity contribution is 5.78. The highest BCUT2D eigenvalue weighted by atomic mass is 16.7. The lowest BCUT2D eigenvalue weighted by Gasteiger charge is -2.25. The summed E-state index contributed by atoms with van der Waals surface area (Å²) in [6, 6.07) is 0. The van der Waals surface area contributed by atoms with Crippen LogP contribution in [-0.4, -0.2) is 81.7 Å². The molecule has 0 heterocycles. The third-order valence-electron chi connectivity index (χ3n) is 3.08. The molecule has 0 bridgehead atoms. The van der Waals surface area contributed by atoms with Crippen LogP contribution >= 0.6 is 0 Å². The Labute approximate surface area is 152 Å². The number of likely N-dealkylation sites (N-methyl/N-ethyl adjacent to an activating group) is 1. The van der Waals surface area contributed by atoms with Crippen LogP contribution in [0, 0.1) is 0 Å². The van der Waals surface area contributed by atoms with Crippen molar-refractivity contribution in [3.05, 3.63) is 0 Å². The topological polar surface area (TPSA) is 128 Å². The minimum atomic E-state index is -1.55. The number of esters is 2. The summed E-state index contributed by atoms with van der Waals surface area (Å²) < 4.78 is 20.0. The molecule has 0 amide bonds. The number of quaternary nitrogens is 1. The van der Waals surface area contributed by atoms with E-state index in [-0.39, 0.29) is 25.9 Å². The van der Waals surface area contributed by atoms with E-state index < -0.39 is 36.4 Å². The summed E-state index contributed by atoms with van der Waals surface area (Å²) in [6.07, 6.45) is -4.17. The Bertz CT molecular complexity index is 487. The minimum Gasteiger partial charge on any atom is -0.546 e. The van der Waals surface area contributed by atoms with E-state index in [4.69, 9.17) is 14.2 Å². The van der Waals surface area contributed by atoms with Gasteiger partial charge in [0.05, 0.1) is 33.5 Å². The summed E-state index contributed by atoms with van der Waals surface area (Å²) >= 11 is 0. The number of hydrogen-bond donors (Lipinski definition) is 0. The molecule has 26 heavy (non-hydrogen) atoms. The van der Waals surface area contributed by atoms with Crippen LogP contribution in [0.15, 0.2) is 0 Å². The van der Waals surface area contributed by atoms with Crippen molar-refractivity contribution >= 4 is 24.4 Å². The number of nitrogens with zero attached hydrogens (tertiary/aromatic N) is 1. The van der Waals surface area contributed by atoms with Gasteiger partial charge in [0.1, 0.15) is 25.4 Å². The quantitative estimate of drug-likeness (QED) is 0.125. The van der Waals surface area contributed by atoms with E-state index in [2.05, 4.69) is 4.74 Å². The Kier molecular flexibility index (Phi) is 10.5. The van der Waals surface area contributed by atoms with Gasteiger partial charge in [-0.1, -0.05) is 6.92 Å². The Morgan fingerprint density at radius 3 is 2.23 bits per heavy atom. The van der Waals surface area contributed by atoms with Gasteiger partial charge in [-0.2, -0.15) is 0 Å². The fourth-order valence-electron chi connectivity index (χ4n) is 1.68. The molecule has 150 valence electrons. The van der Waals surface area contributed by atoms with Gasteiger partial charge in [0.2, 0.25) is 0 Å². The van der Waals surface area contributed by atoms with E-state index in [1.165, 1.54) is 13.8 Å². The number of rotatable bonds is 13. The van der Waals surface area contributed by atoms with Crippen molar-refractivity contribution in [3.8, 4) is 0 Å². The van der Waals surface area contributed by atoms with Gasteiger partial charge >= 0.3 is 18.2 Å². The fourth-order valence-corrected chi connectivity index (χ4v) is 1.68. The molecule has 0 aliphatic heterocycles. The van der Waals surface area contributed by atoms with Gasteiger partial charge in [-0.05, 0) is 13.3 Å². The maximum Gasteiger partial charge on any atom is 0.376 e. The Balaban J connectivity index is 4.51. The zero-order valence-electron chi connectivity index (χ0n) is 15.8. The maximum atomic E-state index is 12.0. The molecule has 0 aliphatic carbocycles. The molecule has 0 radical (unpaired) electrons. The van der Waals surface area contributed by atoms with E-state index in [0.717, 1.165) is 0 Å². The number of carboxylic acid groups (broad SMARTS) is 1. The molecule has 10 nitrogen and oxygen atoms in total. The van der Waals surface area contributed by atoms with Crippen LogP contribution in [0.4, 0.5) is 0 Å². The second-order valence-electron chi connectivity index (χ2n) is 6.61. The number of ether oxygens (including phenoxy) is 4. The molecule has 0 spiro atoms. The lowest BCUT2D eigenvalue weighted by Crippen LogP contribution is -2.40. The first-order valence-electron chi connectivity index (χ1n) is 8.12. The second kappa shape index (κ2) is 11.4. The summed E-state index contributed by atoms with van der Waals surface area (Å²) in [7, 11) is 5.75. The molecule has 0 aromatic carbocycles. The first kappa shape index (κ1) is 23.8. The second-order valence-corrected chi connectivity index (χ2v) is 6.61. The normalized spacial score (nSPS) is 14.7. The van der Waals surface area contributed by atoms with Crippen molar-refractivity contribution in [2.24, 2.45) is 0 Å². The highest BCUT2D eigenvalue weighted by Gasteiger charge is 2.27. The standard InChI is InChI=1S/C16H27NO9/c1-6-12(14(20)21)26-13(19)9-11(2)25-15(22)16(24-10-18)23-8-7-17(3,4)5/h10-12,16H,6-9H2,1-5H3. The predicted molar refractivity (Wildman–Crippen MR) is 85.1 cm³/mol. The van der Waals surface area contributed by atoms with Gasteiger partial charge < -0.3 is 33.3 Å². The number of hydrogen-bond acceptors (Lipinski definition) is 9. The number of carboxylic acids is 1. The van der Waals surface area contributed by atoms with Gasteiger partial charge in [-0.25, -0.2) is 4.79 Å². The van der Waals surface area contributed by atoms with E-state index in [1.54, 1.807) is 0 Å². The molecule has 0 rings (SSSR count). The summed E-state index contributed by atoms with van der Waals surface area (Å²) in [5.41, 5.74) is 0. The molecule has 3 unspecified atom stereocenters. The Morgan fingerprint density at radius 1 is 1.15 bits per heavy atom. The zero-order chi connectivity index (χ0) is 20.3. The monoisotopic (exact) mass is 377 g/mol. The van der Waals surface area contributed by atoms with Crippen LogP contribution in [0.1, 0.15) is 26.7 Å². The number of aliphatic carboxylic acids is 1. The van der Waals surface area contributed by atoms with Gasteiger partial charge in [-0.3, -0.25) is 9.59 Å². The molecule has 0 aromatic heterocycles. The summed E-state index contributed by atoms with van der Waals surface area (Å²) in [5.74, 6) is -3.35. The van der Waals surface area contributed by atoms with Crippen LogP contribution in [0.25, 0.3) is 0 Å². The molecule has 3 atom stereocenters. The minimum absolute atomic E-state index is 0.0532. The number of carbonyl (C=O) groups excluding carboxylic acids is 4. The van der Waals surface area contributed by atoms with Gasteiger partial charge in [0.15, 0.2) is 0 Å². The largest absolute Gasteiger partial charge is 0.546 e. The van der Waals surface area contributed by atoms with Crippen molar-refractivity contribution in [2.45, 2.75) is 45.2 Å². The lowest BCUT2D eigenvalue weighted by molar-refractivity contribution is -0.870. The molecule has 10 heteroatoms. The first-order chi connectivity index (χ1) is 12.0. The molecular weight excluding hydrogens is 350 g/mol. The van der Waals surface area contributed by atoms with Gasteiger partial charge in [-0.15, -0.1) is 0 Å². The average Bonchev–Trinajstić information content (AvgIpc) is 2.49. The lowest BCUT2D eigenvalue weighted by atomic mass is 10.2. The molecule has 0 aliphatic rings. The summed E-state index contributed by atoms with van der Waals surface area (Å²) in [5, 5.41) is 10.7. The van der Waals surface area contributed by atoms with Crippen molar-refractivity contribution in [2.75, 3.05) is 34.3 Å². The van der Waals surface area contributed by atoms with Crippen molar-refractivity contribution in [1.82, 2.24) is 0 Å². The smallest absolute Gasteiger partial charge is 0.376 e. The molecule has 0 aromatic rings. The number of carbonyl (C=O) groups is 4. The van der Waals surface area contributed by atoms with Crippen molar-refractivity contribution in [1.29, 1.82) is 0 Å². The van der Waals surface area contributed by atoms with Crippen molar-refractivity contribution < 1.29 is 47.7 Å². The Hall–Kier alpha value is -2.20. The molecule has 0 N–H and O–H groups in total. The van der Waals surface area contributed by atoms with E-state index in [9.17, 15) is 24.3 Å².